The quantitative estimate of drug-likeness (QED) is 0.167. The number of benzene rings is 4. The number of amides is 3. The van der Waals surface area contributed by atoms with Gasteiger partial charge in [-0.2, -0.15) is 0 Å². The molecule has 4 aromatic carbocycles. The lowest BCUT2D eigenvalue weighted by atomic mass is 9.94. The van der Waals surface area contributed by atoms with Crippen LogP contribution < -0.4 is 11.1 Å². The predicted molar refractivity (Wildman–Crippen MR) is 191 cm³/mol. The van der Waals surface area contributed by atoms with Crippen molar-refractivity contribution < 1.29 is 23.9 Å². The van der Waals surface area contributed by atoms with E-state index in [0.29, 0.717) is 11.1 Å². The Morgan fingerprint density at radius 3 is 1.96 bits per heavy atom. The zero-order chi connectivity index (χ0) is 35.7. The van der Waals surface area contributed by atoms with Crippen molar-refractivity contribution in [2.24, 2.45) is 11.1 Å². The van der Waals surface area contributed by atoms with Crippen LogP contribution in [0.2, 0.25) is 0 Å². The minimum Gasteiger partial charge on any atom is -0.396 e. The Morgan fingerprint density at radius 2 is 1.37 bits per heavy atom. The molecule has 0 aromatic heterocycles. The maximum Gasteiger partial charge on any atom is 0.254 e. The van der Waals surface area contributed by atoms with Gasteiger partial charge in [0.25, 0.3) is 5.91 Å². The first kappa shape index (κ1) is 37.0. The fourth-order valence-electron chi connectivity index (χ4n) is 5.52. The van der Waals surface area contributed by atoms with Crippen molar-refractivity contribution in [2.45, 2.75) is 51.7 Å². The molecule has 0 fully saturated rings. The predicted octanol–water partition coefficient (Wildman–Crippen LogP) is 5.40. The molecule has 8 nitrogen and oxygen atoms in total. The molecule has 0 radical (unpaired) electrons. The number of halogens is 1. The number of aliphatic hydroxyl groups is 1. The van der Waals surface area contributed by atoms with Gasteiger partial charge >= 0.3 is 0 Å². The number of aliphatic hydroxyl groups excluding tert-OH is 1. The Balaban J connectivity index is 1.69. The van der Waals surface area contributed by atoms with Crippen LogP contribution in [0.15, 0.2) is 103 Å². The average molecular weight is 667 g/mol. The van der Waals surface area contributed by atoms with E-state index in [1.54, 1.807) is 44.4 Å². The standard InChI is InChI=1S/C40H47FN4O4/c1-27(42)32-12-9-13-33(24-32)38(48)45(5)36(23-28-14-18-31(19-15-28)30-10-7-6-8-11-30)39(49)44(4)35(22-29-16-20-34(41)21-17-29)37(47)43-25-40(2,3)26-46/h6-21,24,27,35-36,46H,22-23,25-26,42H2,1-5H3,(H,43,47)/t27?,35-,36-/m1/s1. The van der Waals surface area contributed by atoms with E-state index in [2.05, 4.69) is 5.32 Å². The Morgan fingerprint density at radius 1 is 0.796 bits per heavy atom. The lowest BCUT2D eigenvalue weighted by molar-refractivity contribution is -0.142. The summed E-state index contributed by atoms with van der Waals surface area (Å²) in [7, 11) is 3.14. The highest BCUT2D eigenvalue weighted by molar-refractivity contribution is 5.98. The monoisotopic (exact) mass is 666 g/mol. The number of nitrogens with two attached hydrogens (primary N) is 1. The topological polar surface area (TPSA) is 116 Å². The summed E-state index contributed by atoms with van der Waals surface area (Å²) in [6.45, 7) is 5.50. The van der Waals surface area contributed by atoms with E-state index < -0.39 is 35.1 Å². The number of nitrogens with one attached hydrogen (secondary N) is 1. The third kappa shape index (κ3) is 9.84. The first-order chi connectivity index (χ1) is 23.3. The van der Waals surface area contributed by atoms with Gasteiger partial charge in [-0.1, -0.05) is 92.7 Å². The van der Waals surface area contributed by atoms with E-state index in [1.807, 2.05) is 81.4 Å². The molecule has 4 rings (SSSR count). The van der Waals surface area contributed by atoms with Crippen LogP contribution in [0.3, 0.4) is 0 Å². The number of rotatable bonds is 14. The lowest BCUT2D eigenvalue weighted by Gasteiger charge is -2.35. The van der Waals surface area contributed by atoms with Crippen LogP contribution in [0.1, 0.15) is 53.9 Å². The summed E-state index contributed by atoms with van der Waals surface area (Å²) in [6, 6.07) is 28.4. The van der Waals surface area contributed by atoms with Gasteiger partial charge in [-0.15, -0.1) is 0 Å². The molecule has 4 aromatic rings. The second kappa shape index (κ2) is 16.5. The largest absolute Gasteiger partial charge is 0.396 e. The number of nitrogens with zero attached hydrogens (tertiary/aromatic N) is 2. The van der Waals surface area contributed by atoms with Crippen LogP contribution >= 0.6 is 0 Å². The number of hydrogen-bond acceptors (Lipinski definition) is 5. The normalized spacial score (nSPS) is 13.2. The smallest absolute Gasteiger partial charge is 0.254 e. The van der Waals surface area contributed by atoms with Crippen LogP contribution in [-0.4, -0.2) is 72.0 Å². The van der Waals surface area contributed by atoms with Crippen molar-refractivity contribution in [3.8, 4) is 11.1 Å². The molecule has 0 bridgehead atoms. The third-order valence-electron chi connectivity index (χ3n) is 8.85. The third-order valence-corrected chi connectivity index (χ3v) is 8.85. The maximum absolute atomic E-state index is 14.6. The molecule has 9 heteroatoms. The van der Waals surface area contributed by atoms with Gasteiger partial charge < -0.3 is 26.0 Å². The van der Waals surface area contributed by atoms with E-state index >= 15 is 0 Å². The zero-order valence-electron chi connectivity index (χ0n) is 28.9. The van der Waals surface area contributed by atoms with E-state index in [1.165, 1.54) is 21.9 Å². The molecule has 0 aliphatic rings. The van der Waals surface area contributed by atoms with Crippen molar-refractivity contribution in [1.29, 1.82) is 0 Å². The van der Waals surface area contributed by atoms with Gasteiger partial charge in [-0.25, -0.2) is 4.39 Å². The Kier molecular flexibility index (Phi) is 12.4. The fourth-order valence-corrected chi connectivity index (χ4v) is 5.52. The zero-order valence-corrected chi connectivity index (χ0v) is 28.9. The van der Waals surface area contributed by atoms with E-state index in [0.717, 1.165) is 22.3 Å². The van der Waals surface area contributed by atoms with Crippen LogP contribution in [-0.2, 0) is 22.4 Å². The Hall–Kier alpha value is -4.86. The van der Waals surface area contributed by atoms with Crippen LogP contribution in [0.4, 0.5) is 4.39 Å². The summed E-state index contributed by atoms with van der Waals surface area (Å²) in [5.74, 6) is -1.63. The molecular weight excluding hydrogens is 619 g/mol. The van der Waals surface area contributed by atoms with E-state index in [9.17, 15) is 23.9 Å². The molecule has 0 heterocycles. The minimum atomic E-state index is -0.986. The van der Waals surface area contributed by atoms with Crippen molar-refractivity contribution in [3.63, 3.8) is 0 Å². The molecule has 4 N–H and O–H groups in total. The molecule has 0 saturated heterocycles. The highest BCUT2D eigenvalue weighted by Crippen LogP contribution is 2.23. The second-order valence-corrected chi connectivity index (χ2v) is 13.4. The summed E-state index contributed by atoms with van der Waals surface area (Å²) in [5.41, 5.74) is 10.3. The molecular formula is C40H47FN4O4. The number of carbonyl (C=O) groups is 3. The summed E-state index contributed by atoms with van der Waals surface area (Å²) in [5, 5.41) is 12.6. The fraction of sp³-hybridized carbons (Fsp3) is 0.325. The minimum absolute atomic E-state index is 0.112. The van der Waals surface area contributed by atoms with E-state index in [4.69, 9.17) is 5.73 Å². The molecule has 3 amide bonds. The Labute approximate surface area is 288 Å². The summed E-state index contributed by atoms with van der Waals surface area (Å²) >= 11 is 0. The molecule has 0 saturated carbocycles. The van der Waals surface area contributed by atoms with Gasteiger partial charge in [-0.05, 0) is 59.0 Å². The van der Waals surface area contributed by atoms with Gasteiger partial charge in [0.05, 0.1) is 0 Å². The summed E-state index contributed by atoms with van der Waals surface area (Å²) in [6.07, 6.45) is 0.302. The van der Waals surface area contributed by atoms with Crippen LogP contribution in [0, 0.1) is 11.2 Å². The maximum atomic E-state index is 14.6. The molecule has 3 atom stereocenters. The first-order valence-electron chi connectivity index (χ1n) is 16.5. The number of carbonyl (C=O) groups excluding carboxylic acids is 3. The number of hydrogen-bond donors (Lipinski definition) is 3. The lowest BCUT2D eigenvalue weighted by Crippen LogP contribution is -2.56. The van der Waals surface area contributed by atoms with Gasteiger partial charge in [0.1, 0.15) is 17.9 Å². The Bertz CT molecular complexity index is 1710. The summed E-state index contributed by atoms with van der Waals surface area (Å²) < 4.78 is 13.8. The molecule has 258 valence electrons. The van der Waals surface area contributed by atoms with Crippen LogP contribution in [0.25, 0.3) is 11.1 Å². The average Bonchev–Trinajstić information content (AvgIpc) is 3.12. The van der Waals surface area contributed by atoms with Gasteiger partial charge in [0, 0.05) is 57.1 Å². The molecule has 49 heavy (non-hydrogen) atoms. The van der Waals surface area contributed by atoms with Crippen molar-refractivity contribution in [3.05, 3.63) is 131 Å². The summed E-state index contributed by atoms with van der Waals surface area (Å²) in [4.78, 5) is 45.1. The van der Waals surface area contributed by atoms with Gasteiger partial charge in [-0.3, -0.25) is 14.4 Å². The molecule has 0 spiro atoms. The SMILES string of the molecule is CC(N)c1cccc(C(=O)N(C)[C@H](Cc2ccc(-c3ccccc3)cc2)C(=O)N(C)[C@H](Cc2ccc(F)cc2)C(=O)NCC(C)(C)CO)c1. The van der Waals surface area contributed by atoms with Gasteiger partial charge in [0.15, 0.2) is 0 Å². The molecule has 1 unspecified atom stereocenters. The van der Waals surface area contributed by atoms with Crippen molar-refractivity contribution >= 4 is 17.7 Å². The highest BCUT2D eigenvalue weighted by atomic mass is 19.1. The van der Waals surface area contributed by atoms with Crippen molar-refractivity contribution in [2.75, 3.05) is 27.2 Å². The molecule has 0 aliphatic carbocycles. The van der Waals surface area contributed by atoms with Crippen molar-refractivity contribution in [1.82, 2.24) is 15.1 Å². The molecule has 0 aliphatic heterocycles. The first-order valence-corrected chi connectivity index (χ1v) is 16.5. The van der Waals surface area contributed by atoms with Crippen LogP contribution in [0.5, 0.6) is 0 Å². The highest BCUT2D eigenvalue weighted by Gasteiger charge is 2.36. The second-order valence-electron chi connectivity index (χ2n) is 13.4. The number of likely N-dealkylation sites (N-methyl/N-ethyl adjacent to an activating group) is 2. The van der Waals surface area contributed by atoms with E-state index in [-0.39, 0.29) is 37.9 Å². The van der Waals surface area contributed by atoms with Gasteiger partial charge in [0.2, 0.25) is 11.8 Å².